The van der Waals surface area contributed by atoms with Crippen LogP contribution in [0.5, 0.6) is 0 Å². The second kappa shape index (κ2) is 7.00. The summed E-state index contributed by atoms with van der Waals surface area (Å²) in [7, 11) is 1.84. The molecule has 0 bridgehead atoms. The van der Waals surface area contributed by atoms with Gasteiger partial charge in [-0.25, -0.2) is 8.78 Å². The van der Waals surface area contributed by atoms with Crippen LogP contribution in [-0.2, 0) is 18.4 Å². The number of carbonyl (C=O) groups is 1. The van der Waals surface area contributed by atoms with Gasteiger partial charge in [-0.3, -0.25) is 14.2 Å². The topological polar surface area (TPSA) is 64.7 Å². The van der Waals surface area contributed by atoms with Crippen molar-refractivity contribution in [1.82, 2.24) is 24.9 Å². The molecule has 1 N–H and O–H groups in total. The molecule has 0 radical (unpaired) electrons. The highest BCUT2D eigenvalue weighted by Gasteiger charge is 2.25. The van der Waals surface area contributed by atoms with Crippen LogP contribution in [0.1, 0.15) is 47.7 Å². The normalized spacial score (nSPS) is 12.7. The van der Waals surface area contributed by atoms with E-state index in [0.717, 1.165) is 17.0 Å². The van der Waals surface area contributed by atoms with E-state index in [1.807, 2.05) is 20.9 Å². The molecule has 6 nitrogen and oxygen atoms in total. The Kier molecular flexibility index (Phi) is 5.42. The number of amides is 1. The number of rotatable bonds is 5. The van der Waals surface area contributed by atoms with Gasteiger partial charge in [0.2, 0.25) is 5.91 Å². The summed E-state index contributed by atoms with van der Waals surface area (Å²) in [6.45, 7) is 7.40. The van der Waals surface area contributed by atoms with Crippen molar-refractivity contribution in [3.8, 4) is 0 Å². The van der Waals surface area contributed by atoms with Crippen LogP contribution in [0.15, 0.2) is 4.47 Å². The highest BCUT2D eigenvalue weighted by atomic mass is 79.9. The number of halogens is 3. The van der Waals surface area contributed by atoms with Gasteiger partial charge in [0.25, 0.3) is 6.43 Å². The van der Waals surface area contributed by atoms with Crippen molar-refractivity contribution in [2.24, 2.45) is 7.05 Å². The van der Waals surface area contributed by atoms with E-state index < -0.39 is 12.5 Å². The van der Waals surface area contributed by atoms with E-state index in [2.05, 4.69) is 31.4 Å². The maximum atomic E-state index is 12.9. The summed E-state index contributed by atoms with van der Waals surface area (Å²) < 4.78 is 29.2. The zero-order valence-electron chi connectivity index (χ0n) is 14.2. The van der Waals surface area contributed by atoms with E-state index in [-0.39, 0.29) is 16.1 Å². The van der Waals surface area contributed by atoms with Crippen molar-refractivity contribution >= 4 is 21.8 Å². The van der Waals surface area contributed by atoms with Crippen molar-refractivity contribution in [1.29, 1.82) is 0 Å². The lowest BCUT2D eigenvalue weighted by Gasteiger charge is -2.14. The van der Waals surface area contributed by atoms with Crippen LogP contribution in [0.4, 0.5) is 8.78 Å². The van der Waals surface area contributed by atoms with Crippen LogP contribution in [0.25, 0.3) is 0 Å². The van der Waals surface area contributed by atoms with Gasteiger partial charge in [0.05, 0.1) is 15.9 Å². The quantitative estimate of drug-likeness (QED) is 0.833. The highest BCUT2D eigenvalue weighted by molar-refractivity contribution is 9.10. The number of aromatic nitrogens is 4. The predicted octanol–water partition coefficient (Wildman–Crippen LogP) is 3.12. The molecule has 0 unspecified atom stereocenters. The molecular weight excluding hydrogens is 384 g/mol. The van der Waals surface area contributed by atoms with Crippen LogP contribution in [-0.4, -0.2) is 25.5 Å². The Morgan fingerprint density at radius 3 is 2.33 bits per heavy atom. The zero-order chi connectivity index (χ0) is 18.2. The average Bonchev–Trinajstić information content (AvgIpc) is 2.94. The summed E-state index contributed by atoms with van der Waals surface area (Å²) in [6.07, 6.45) is -2.70. The largest absolute Gasteiger partial charge is 0.350 e. The lowest BCUT2D eigenvalue weighted by atomic mass is 10.2. The van der Waals surface area contributed by atoms with E-state index in [4.69, 9.17) is 0 Å². The molecule has 2 aromatic rings. The third kappa shape index (κ3) is 3.35. The summed E-state index contributed by atoms with van der Waals surface area (Å²) in [4.78, 5) is 12.4. The van der Waals surface area contributed by atoms with Crippen LogP contribution < -0.4 is 5.32 Å². The molecule has 0 saturated heterocycles. The molecule has 132 valence electrons. The average molecular weight is 404 g/mol. The number of nitrogens with one attached hydrogen (secondary N) is 1. The number of aryl methyl sites for hydroxylation is 2. The monoisotopic (exact) mass is 403 g/mol. The minimum absolute atomic E-state index is 0.232. The van der Waals surface area contributed by atoms with Gasteiger partial charge in [0.15, 0.2) is 0 Å². The molecule has 0 fully saturated rings. The molecule has 9 heteroatoms. The van der Waals surface area contributed by atoms with E-state index in [9.17, 15) is 13.6 Å². The van der Waals surface area contributed by atoms with Crippen LogP contribution >= 0.6 is 15.9 Å². The lowest BCUT2D eigenvalue weighted by molar-refractivity contribution is -0.124. The molecule has 24 heavy (non-hydrogen) atoms. The molecule has 2 heterocycles. The first-order chi connectivity index (χ1) is 11.1. The van der Waals surface area contributed by atoms with Crippen molar-refractivity contribution in [3.05, 3.63) is 32.8 Å². The molecule has 0 spiro atoms. The van der Waals surface area contributed by atoms with Crippen molar-refractivity contribution in [3.63, 3.8) is 0 Å². The van der Waals surface area contributed by atoms with E-state index in [1.165, 1.54) is 4.68 Å². The smallest absolute Gasteiger partial charge is 0.283 e. The van der Waals surface area contributed by atoms with E-state index in [1.54, 1.807) is 18.5 Å². The Hall–Kier alpha value is -1.77. The van der Waals surface area contributed by atoms with Gasteiger partial charge in [0.1, 0.15) is 11.7 Å². The van der Waals surface area contributed by atoms with Gasteiger partial charge in [-0.15, -0.1) is 0 Å². The van der Waals surface area contributed by atoms with Gasteiger partial charge in [-0.1, -0.05) is 0 Å². The van der Waals surface area contributed by atoms with Gasteiger partial charge >= 0.3 is 0 Å². The van der Waals surface area contributed by atoms with Crippen molar-refractivity contribution in [2.45, 2.75) is 46.7 Å². The standard InChI is InChI=1S/C15H20BrF2N5O/c1-7-11(8(2)22(5)20-7)6-19-15(24)10(4)23-9(3)12(16)13(21-23)14(17)18/h10,14H,6H2,1-5H3,(H,19,24)/t10-/m1/s1. The fourth-order valence-electron chi connectivity index (χ4n) is 2.54. The Labute approximate surface area is 147 Å². The predicted molar refractivity (Wildman–Crippen MR) is 88.9 cm³/mol. The SMILES string of the molecule is Cc1nn(C)c(C)c1CNC(=O)[C@@H](C)n1nc(C(F)F)c(Br)c1C. The first-order valence-corrected chi connectivity index (χ1v) is 8.23. The number of alkyl halides is 2. The molecule has 0 aliphatic carbocycles. The first kappa shape index (κ1) is 18.6. The van der Waals surface area contributed by atoms with Crippen molar-refractivity contribution in [2.75, 3.05) is 0 Å². The van der Waals surface area contributed by atoms with Gasteiger partial charge < -0.3 is 5.32 Å². The zero-order valence-corrected chi connectivity index (χ0v) is 15.8. The molecular formula is C15H20BrF2N5O. The van der Waals surface area contributed by atoms with Gasteiger partial charge in [-0.05, 0) is 43.6 Å². The summed E-state index contributed by atoms with van der Waals surface area (Å²) in [5, 5.41) is 11.0. The Balaban J connectivity index is 2.14. The second-order valence-corrected chi connectivity index (χ2v) is 6.49. The summed E-state index contributed by atoms with van der Waals surface area (Å²) in [6, 6.07) is -0.703. The summed E-state index contributed by atoms with van der Waals surface area (Å²) in [5.41, 5.74) is 2.90. The number of hydrogen-bond donors (Lipinski definition) is 1. The molecule has 1 atom stereocenters. The number of nitrogens with zero attached hydrogens (tertiary/aromatic N) is 4. The Bertz CT molecular complexity index is 768. The van der Waals surface area contributed by atoms with E-state index in [0.29, 0.717) is 12.2 Å². The van der Waals surface area contributed by atoms with Crippen LogP contribution in [0.2, 0.25) is 0 Å². The van der Waals surface area contributed by atoms with Crippen LogP contribution in [0, 0.1) is 20.8 Å². The van der Waals surface area contributed by atoms with Crippen molar-refractivity contribution < 1.29 is 13.6 Å². The molecule has 0 saturated carbocycles. The number of carbonyl (C=O) groups excluding carboxylic acids is 1. The van der Waals surface area contributed by atoms with Crippen LogP contribution in [0.3, 0.4) is 0 Å². The highest BCUT2D eigenvalue weighted by Crippen LogP contribution is 2.30. The minimum atomic E-state index is -2.70. The summed E-state index contributed by atoms with van der Waals surface area (Å²) in [5.74, 6) is -0.295. The van der Waals surface area contributed by atoms with E-state index >= 15 is 0 Å². The third-order valence-corrected chi connectivity index (χ3v) is 5.13. The molecule has 2 rings (SSSR count). The molecule has 1 amide bonds. The third-order valence-electron chi connectivity index (χ3n) is 4.15. The second-order valence-electron chi connectivity index (χ2n) is 5.70. The summed E-state index contributed by atoms with van der Waals surface area (Å²) >= 11 is 3.11. The fraction of sp³-hybridized carbons (Fsp3) is 0.533. The first-order valence-electron chi connectivity index (χ1n) is 7.44. The number of hydrogen-bond acceptors (Lipinski definition) is 3. The Morgan fingerprint density at radius 1 is 1.25 bits per heavy atom. The Morgan fingerprint density at radius 2 is 1.88 bits per heavy atom. The molecule has 2 aromatic heterocycles. The molecule has 0 aliphatic rings. The van der Waals surface area contributed by atoms with Gasteiger partial charge in [-0.2, -0.15) is 10.2 Å². The molecule has 0 aliphatic heterocycles. The maximum absolute atomic E-state index is 12.9. The molecule has 0 aromatic carbocycles. The maximum Gasteiger partial charge on any atom is 0.283 e. The van der Waals surface area contributed by atoms with Gasteiger partial charge in [0, 0.05) is 24.8 Å². The lowest BCUT2D eigenvalue weighted by Crippen LogP contribution is -2.32. The minimum Gasteiger partial charge on any atom is -0.350 e. The fourth-order valence-corrected chi connectivity index (χ4v) is 2.98.